The molecule has 0 unspecified atom stereocenters. The molecule has 1 aliphatic heterocycles. The van der Waals surface area contributed by atoms with Gasteiger partial charge in [-0.15, -0.1) is 0 Å². The number of hydrogen-bond donors (Lipinski definition) is 1. The fraction of sp³-hybridized carbons (Fsp3) is 0.207. The molecule has 0 saturated heterocycles. The van der Waals surface area contributed by atoms with Gasteiger partial charge < -0.3 is 15.0 Å². The number of nitro groups is 1. The summed E-state index contributed by atoms with van der Waals surface area (Å²) in [4.78, 5) is 33.2. The molecule has 1 aliphatic rings. The summed E-state index contributed by atoms with van der Waals surface area (Å²) in [5, 5.41) is 14.7. The first-order chi connectivity index (χ1) is 19.7. The van der Waals surface area contributed by atoms with Crippen molar-refractivity contribution in [3.8, 4) is 5.75 Å². The maximum Gasteiger partial charge on any atom is 0.415 e. The first-order valence-corrected chi connectivity index (χ1v) is 12.7. The SMILES string of the molecule is C[C@@H](Nc1ccnc2cnc(C3=CCN(C(=O)Oc4ccc([N+](=O)[O-])cc4)CC3)cc12)c1cccc(C(F)F)c1F. The number of benzene rings is 2. The Bertz CT molecular complexity index is 1650. The predicted molar refractivity (Wildman–Crippen MR) is 146 cm³/mol. The van der Waals surface area contributed by atoms with E-state index in [9.17, 15) is 28.1 Å². The van der Waals surface area contributed by atoms with E-state index >= 15 is 0 Å². The Morgan fingerprint density at radius 1 is 1.12 bits per heavy atom. The topological polar surface area (TPSA) is 110 Å². The summed E-state index contributed by atoms with van der Waals surface area (Å²) in [5.74, 6) is -0.735. The Kier molecular flexibility index (Phi) is 7.81. The number of hydrogen-bond acceptors (Lipinski definition) is 7. The van der Waals surface area contributed by atoms with Crippen molar-refractivity contribution >= 4 is 33.9 Å². The van der Waals surface area contributed by atoms with Crippen LogP contribution in [0.5, 0.6) is 5.75 Å². The number of rotatable bonds is 7. The van der Waals surface area contributed by atoms with E-state index < -0.39 is 34.9 Å². The lowest BCUT2D eigenvalue weighted by Crippen LogP contribution is -2.36. The van der Waals surface area contributed by atoms with Crippen LogP contribution < -0.4 is 10.1 Å². The number of alkyl halides is 2. The lowest BCUT2D eigenvalue weighted by molar-refractivity contribution is -0.384. The molecule has 5 rings (SSSR count). The molecule has 41 heavy (non-hydrogen) atoms. The average Bonchev–Trinajstić information content (AvgIpc) is 2.97. The van der Waals surface area contributed by atoms with E-state index in [0.717, 1.165) is 17.0 Å². The summed E-state index contributed by atoms with van der Waals surface area (Å²) in [7, 11) is 0. The monoisotopic (exact) mass is 563 g/mol. The standard InChI is InChI=1S/C29H24F3N5O4/c1-17(21-3-2-4-22(27(21)30)28(31)32)35-24-9-12-33-26-16-34-25(15-23(24)26)18-10-13-36(14-11-18)29(38)41-20-7-5-19(6-8-20)37(39)40/h2-10,12,15-17,28H,11,13-14H2,1H3,(H,33,35)/t17-/m1/s1. The van der Waals surface area contributed by atoms with Crippen LogP contribution in [0.1, 0.15) is 42.6 Å². The minimum atomic E-state index is -2.92. The van der Waals surface area contributed by atoms with Crippen LogP contribution in [-0.2, 0) is 0 Å². The third-order valence-electron chi connectivity index (χ3n) is 6.81. The Morgan fingerprint density at radius 2 is 1.88 bits per heavy atom. The number of aromatic nitrogens is 2. The molecule has 4 aromatic rings. The minimum absolute atomic E-state index is 0.102. The molecule has 210 valence electrons. The zero-order valence-corrected chi connectivity index (χ0v) is 21.8. The third kappa shape index (κ3) is 5.96. The number of nitrogens with one attached hydrogen (secondary N) is 1. The zero-order valence-electron chi connectivity index (χ0n) is 21.8. The van der Waals surface area contributed by atoms with Crippen molar-refractivity contribution in [1.29, 1.82) is 0 Å². The fourth-order valence-corrected chi connectivity index (χ4v) is 4.60. The summed E-state index contributed by atoms with van der Waals surface area (Å²) in [6, 6.07) is 12.2. The Balaban J connectivity index is 1.31. The number of anilines is 1. The van der Waals surface area contributed by atoms with Gasteiger partial charge in [0.2, 0.25) is 0 Å². The summed E-state index contributed by atoms with van der Waals surface area (Å²) in [6.07, 6.45) is 2.08. The van der Waals surface area contributed by atoms with Crippen molar-refractivity contribution in [1.82, 2.24) is 14.9 Å². The number of carbonyl (C=O) groups is 1. The van der Waals surface area contributed by atoms with E-state index in [4.69, 9.17) is 4.74 Å². The molecule has 0 spiro atoms. The molecule has 1 N–H and O–H groups in total. The van der Waals surface area contributed by atoms with Crippen molar-refractivity contribution < 1.29 is 27.6 Å². The second-order valence-corrected chi connectivity index (χ2v) is 9.41. The third-order valence-corrected chi connectivity index (χ3v) is 6.81. The van der Waals surface area contributed by atoms with Gasteiger partial charge in [0.05, 0.1) is 33.9 Å². The van der Waals surface area contributed by atoms with Gasteiger partial charge in [-0.3, -0.25) is 20.1 Å². The number of carbonyl (C=O) groups excluding carboxylic acids is 1. The number of fused-ring (bicyclic) bond motifs is 1. The van der Waals surface area contributed by atoms with Crippen LogP contribution in [0, 0.1) is 15.9 Å². The van der Waals surface area contributed by atoms with E-state index in [2.05, 4.69) is 15.3 Å². The normalized spacial score (nSPS) is 14.1. The van der Waals surface area contributed by atoms with Crippen LogP contribution in [0.4, 0.5) is 29.3 Å². The Hall–Kier alpha value is -5.00. The van der Waals surface area contributed by atoms with E-state index in [0.29, 0.717) is 29.9 Å². The molecular weight excluding hydrogens is 539 g/mol. The Labute approximate surface area is 232 Å². The number of nitro benzene ring substituents is 1. The number of pyridine rings is 2. The van der Waals surface area contributed by atoms with Crippen LogP contribution in [0.2, 0.25) is 0 Å². The Morgan fingerprint density at radius 3 is 2.56 bits per heavy atom. The average molecular weight is 564 g/mol. The maximum absolute atomic E-state index is 14.7. The summed E-state index contributed by atoms with van der Waals surface area (Å²) < 4.78 is 46.5. The predicted octanol–water partition coefficient (Wildman–Crippen LogP) is 7.08. The summed E-state index contributed by atoms with van der Waals surface area (Å²) >= 11 is 0. The largest absolute Gasteiger partial charge is 0.415 e. The molecule has 12 heteroatoms. The van der Waals surface area contributed by atoms with Crippen LogP contribution in [-0.4, -0.2) is 39.0 Å². The zero-order chi connectivity index (χ0) is 29.1. The van der Waals surface area contributed by atoms with Gasteiger partial charge in [-0.2, -0.15) is 0 Å². The van der Waals surface area contributed by atoms with Crippen molar-refractivity contribution in [2.45, 2.75) is 25.8 Å². The second kappa shape index (κ2) is 11.6. The smallest absolute Gasteiger partial charge is 0.410 e. The number of non-ortho nitro benzene ring substituents is 1. The van der Waals surface area contributed by atoms with E-state index in [-0.39, 0.29) is 23.5 Å². The number of halogens is 3. The van der Waals surface area contributed by atoms with Crippen LogP contribution >= 0.6 is 0 Å². The molecule has 3 heterocycles. The summed E-state index contributed by atoms with van der Waals surface area (Å²) in [5.41, 5.74) is 2.19. The number of amides is 1. The molecule has 9 nitrogen and oxygen atoms in total. The lowest BCUT2D eigenvalue weighted by atomic mass is 10.0. The van der Waals surface area contributed by atoms with E-state index in [1.807, 2.05) is 12.1 Å². The highest BCUT2D eigenvalue weighted by Gasteiger charge is 2.22. The van der Waals surface area contributed by atoms with Gasteiger partial charge in [0.1, 0.15) is 11.6 Å². The van der Waals surface area contributed by atoms with Crippen molar-refractivity contribution in [2.75, 3.05) is 18.4 Å². The van der Waals surface area contributed by atoms with Crippen molar-refractivity contribution in [2.24, 2.45) is 0 Å². The molecule has 1 amide bonds. The number of nitrogens with zero attached hydrogens (tertiary/aromatic N) is 4. The van der Waals surface area contributed by atoms with Crippen LogP contribution in [0.25, 0.3) is 16.5 Å². The molecule has 2 aromatic heterocycles. The minimum Gasteiger partial charge on any atom is -0.410 e. The van der Waals surface area contributed by atoms with Gasteiger partial charge in [0.25, 0.3) is 12.1 Å². The molecular formula is C29H24F3N5O4. The maximum atomic E-state index is 14.7. The van der Waals surface area contributed by atoms with Gasteiger partial charge >= 0.3 is 6.09 Å². The molecule has 0 radical (unpaired) electrons. The van der Waals surface area contributed by atoms with Gasteiger partial charge in [0.15, 0.2) is 0 Å². The van der Waals surface area contributed by atoms with Gasteiger partial charge in [0, 0.05) is 48.1 Å². The first kappa shape index (κ1) is 27.6. The van der Waals surface area contributed by atoms with Crippen molar-refractivity contribution in [3.63, 3.8) is 0 Å². The van der Waals surface area contributed by atoms with Gasteiger partial charge in [-0.1, -0.05) is 24.3 Å². The quantitative estimate of drug-likeness (QED) is 0.189. The number of ether oxygens (including phenoxy) is 1. The first-order valence-electron chi connectivity index (χ1n) is 12.7. The molecule has 0 aliphatic carbocycles. The van der Waals surface area contributed by atoms with E-state index in [1.54, 1.807) is 25.4 Å². The molecule has 0 saturated carbocycles. The highest BCUT2D eigenvalue weighted by molar-refractivity contribution is 5.92. The van der Waals surface area contributed by atoms with Crippen LogP contribution in [0.15, 0.2) is 73.1 Å². The summed E-state index contributed by atoms with van der Waals surface area (Å²) in [6.45, 7) is 2.33. The highest BCUT2D eigenvalue weighted by atomic mass is 19.3. The molecule has 2 aromatic carbocycles. The van der Waals surface area contributed by atoms with Gasteiger partial charge in [-0.25, -0.2) is 18.0 Å². The van der Waals surface area contributed by atoms with Crippen molar-refractivity contribution in [3.05, 3.63) is 106 Å². The lowest BCUT2D eigenvalue weighted by Gasteiger charge is -2.25. The van der Waals surface area contributed by atoms with Crippen LogP contribution in [0.3, 0.4) is 0 Å². The molecule has 0 bridgehead atoms. The second-order valence-electron chi connectivity index (χ2n) is 9.41. The molecule has 0 fully saturated rings. The highest BCUT2D eigenvalue weighted by Crippen LogP contribution is 2.32. The fourth-order valence-electron chi connectivity index (χ4n) is 4.60. The van der Waals surface area contributed by atoms with E-state index in [1.165, 1.54) is 41.3 Å². The molecule has 1 atom stereocenters. The van der Waals surface area contributed by atoms with Gasteiger partial charge in [-0.05, 0) is 43.2 Å².